The summed E-state index contributed by atoms with van der Waals surface area (Å²) in [4.78, 5) is 27.4. The molecule has 8 rings (SSSR count). The SMILES string of the molecule is C=C(CC1=C[C@@H](C)C[C@H]([C@H]2O[C@@]3(C[C@H]2O[Si](CC)(CC)CC)[C@@H](C)C[C@@H](C)CN3C(=O)OCC[Si](C)(C)C)O1)[C@H]1O[C@@](O)([C@H](O)[C@@H]2C[C@H]3O[C@@]4(CC[C@]5(CC(C)=C[C@@H](/C=C/CCCOC(C)=O)O5)O4)[C@H](C)C[C@H]3O2)[C@H](C)C[C@@H]1C. The lowest BCUT2D eigenvalue weighted by atomic mass is 9.77. The van der Waals surface area contributed by atoms with Crippen LogP contribution < -0.4 is 0 Å². The van der Waals surface area contributed by atoms with E-state index in [0.29, 0.717) is 77.0 Å². The summed E-state index contributed by atoms with van der Waals surface area (Å²) in [6, 6.07) is 3.88. The second-order valence-corrected chi connectivity index (χ2v) is 37.6. The number of piperidine rings is 1. The third-order valence-electron chi connectivity index (χ3n) is 19.5. The molecule has 8 aliphatic rings. The topological polar surface area (TPSA) is 170 Å². The number of aliphatic hydroxyl groups excluding tert-OH is 1. The van der Waals surface area contributed by atoms with Crippen LogP contribution in [-0.2, 0) is 51.9 Å². The molecule has 0 unspecified atom stereocenters. The fraction of sp³-hybridized carbons (Fsp3) is 0.839. The van der Waals surface area contributed by atoms with Crippen LogP contribution in [0.1, 0.15) is 153 Å². The van der Waals surface area contributed by atoms with E-state index in [9.17, 15) is 19.8 Å². The van der Waals surface area contributed by atoms with Gasteiger partial charge in [0, 0.05) is 77.8 Å². The highest BCUT2D eigenvalue weighted by molar-refractivity contribution is 6.76. The number of fused-ring (bicyclic) bond motifs is 1. The first-order chi connectivity index (χ1) is 37.2. The number of likely N-dealkylation sites (tertiary alicyclic amines) is 1. The second-order valence-electron chi connectivity index (χ2n) is 27.2. The maximum absolute atomic E-state index is 14.3. The quantitative estimate of drug-likeness (QED) is 0.0542. The number of carbonyl (C=O) groups is 2. The van der Waals surface area contributed by atoms with E-state index in [4.69, 9.17) is 47.1 Å². The second kappa shape index (κ2) is 25.0. The van der Waals surface area contributed by atoms with Gasteiger partial charge in [0.15, 0.2) is 31.4 Å². The largest absolute Gasteiger partial charge is 0.492 e. The van der Waals surface area contributed by atoms with Crippen molar-refractivity contribution in [2.45, 2.75) is 275 Å². The van der Waals surface area contributed by atoms with Crippen LogP contribution in [0, 0.1) is 35.5 Å². The van der Waals surface area contributed by atoms with Gasteiger partial charge in [0.2, 0.25) is 0 Å². The molecule has 6 saturated heterocycles. The molecule has 6 fully saturated rings. The predicted octanol–water partition coefficient (Wildman–Crippen LogP) is 12.1. The monoisotopic (exact) mass is 1140 g/mol. The lowest BCUT2D eigenvalue weighted by Gasteiger charge is -2.50. The van der Waals surface area contributed by atoms with Crippen molar-refractivity contribution < 1.29 is 66.9 Å². The van der Waals surface area contributed by atoms with E-state index in [0.717, 1.165) is 61.2 Å². The van der Waals surface area contributed by atoms with E-state index < -0.39 is 69.8 Å². The third kappa shape index (κ3) is 13.7. The number of ether oxygens (including phenoxy) is 9. The Morgan fingerprint density at radius 2 is 1.61 bits per heavy atom. The van der Waals surface area contributed by atoms with Crippen molar-refractivity contribution in [3.05, 3.63) is 47.8 Å². The van der Waals surface area contributed by atoms with Gasteiger partial charge in [-0.2, -0.15) is 0 Å². The van der Waals surface area contributed by atoms with Gasteiger partial charge >= 0.3 is 12.1 Å². The Labute approximate surface area is 476 Å². The van der Waals surface area contributed by atoms with Gasteiger partial charge in [0.25, 0.3) is 0 Å². The first-order valence-corrected chi connectivity index (χ1v) is 37.1. The summed E-state index contributed by atoms with van der Waals surface area (Å²) in [7, 11) is -3.60. The molecule has 8 aliphatic heterocycles. The van der Waals surface area contributed by atoms with Crippen LogP contribution >= 0.6 is 0 Å². The summed E-state index contributed by atoms with van der Waals surface area (Å²) < 4.78 is 67.3. The van der Waals surface area contributed by atoms with E-state index in [1.54, 1.807) is 0 Å². The normalized spacial score (nSPS) is 41.1. The Hall–Kier alpha value is -2.43. The minimum absolute atomic E-state index is 0.00376. The molecule has 3 spiro atoms. The minimum atomic E-state index is -2.16. The predicted molar refractivity (Wildman–Crippen MR) is 309 cm³/mol. The number of rotatable bonds is 19. The molecular weight excluding hydrogens is 1040 g/mol. The standard InChI is InChI=1S/C62H103NO14Si2/c1-16-79(17-2,18-3)76-54-37-60(44(9)28-41(6)38-63(60)58(66)69-26-27-78(13,14)15)74-56(54)52-31-39(4)29-49(70-52)33-43(8)55-42(7)32-46(11)62(67,75-55)57(65)53-35-51-50(71-53)34-45(10)61(73-51)24-23-59(77-61)36-40(5)30-48(72-59)22-20-19-21-25-68-47(12)64/h20,22,29-30,39,41-42,44-46,48,50-57,65,67H,8,16-19,21,23-28,31-38H2,1-7,9-15H3/b22-20+/t39-,41-,42+,44+,45-,46-,48-,50-,51-,52-,53+,54-,55+,56-,57-,59-,60+,61-,62-/m1/s1. The third-order valence-corrected chi connectivity index (χ3v) is 25.9. The van der Waals surface area contributed by atoms with Gasteiger partial charge in [-0.25, -0.2) is 4.79 Å². The van der Waals surface area contributed by atoms with Crippen molar-refractivity contribution in [2.24, 2.45) is 35.5 Å². The number of amides is 1. The van der Waals surface area contributed by atoms with E-state index in [2.05, 4.69) is 107 Å². The molecule has 0 aromatic heterocycles. The number of carbonyl (C=O) groups excluding carboxylic acids is 2. The maximum atomic E-state index is 14.3. The number of allylic oxidation sites excluding steroid dienone is 3. The fourth-order valence-corrected chi connectivity index (χ4v) is 18.4. The highest BCUT2D eigenvalue weighted by atomic mass is 28.4. The van der Waals surface area contributed by atoms with Crippen molar-refractivity contribution in [3.63, 3.8) is 0 Å². The molecule has 17 heteroatoms. The number of aliphatic hydroxyl groups is 2. The van der Waals surface area contributed by atoms with Gasteiger partial charge in [-0.15, -0.1) is 0 Å². The Morgan fingerprint density at radius 3 is 2.30 bits per heavy atom. The van der Waals surface area contributed by atoms with Crippen molar-refractivity contribution in [1.29, 1.82) is 0 Å². The van der Waals surface area contributed by atoms with Crippen LogP contribution in [0.5, 0.6) is 0 Å². The Kier molecular flexibility index (Phi) is 19.8. The van der Waals surface area contributed by atoms with E-state index in [-0.39, 0.29) is 66.3 Å². The molecule has 79 heavy (non-hydrogen) atoms. The van der Waals surface area contributed by atoms with Gasteiger partial charge < -0.3 is 57.3 Å². The van der Waals surface area contributed by atoms with Crippen molar-refractivity contribution in [2.75, 3.05) is 19.8 Å². The summed E-state index contributed by atoms with van der Waals surface area (Å²) in [5.41, 5.74) is 1.06. The molecule has 0 aromatic carbocycles. The average molecular weight is 1140 g/mol. The first kappa shape index (κ1) is 62.6. The Balaban J connectivity index is 0.927. The van der Waals surface area contributed by atoms with Gasteiger partial charge in [0.05, 0.1) is 55.6 Å². The highest BCUT2D eigenvalue weighted by Gasteiger charge is 2.64. The van der Waals surface area contributed by atoms with Crippen LogP contribution in [-0.4, -0.2) is 141 Å². The lowest BCUT2D eigenvalue weighted by Crippen LogP contribution is -2.61. The molecule has 0 bridgehead atoms. The fourth-order valence-electron chi connectivity index (χ4n) is 14.8. The first-order valence-electron chi connectivity index (χ1n) is 30.8. The molecule has 15 nitrogen and oxygen atoms in total. The zero-order chi connectivity index (χ0) is 57.5. The minimum Gasteiger partial charge on any atom is -0.492 e. The van der Waals surface area contributed by atoms with Crippen LogP contribution in [0.2, 0.25) is 43.8 Å². The molecule has 448 valence electrons. The molecular formula is C62H103NO14Si2. The van der Waals surface area contributed by atoms with Gasteiger partial charge in [0.1, 0.15) is 18.3 Å². The summed E-state index contributed by atoms with van der Waals surface area (Å²) in [5, 5.41) is 25.0. The molecule has 0 radical (unpaired) electrons. The van der Waals surface area contributed by atoms with Gasteiger partial charge in [-0.1, -0.05) is 112 Å². The Bertz CT molecular complexity index is 2230. The number of nitrogens with zero attached hydrogens (tertiary/aromatic N) is 1. The van der Waals surface area contributed by atoms with Crippen LogP contribution in [0.3, 0.4) is 0 Å². The smallest absolute Gasteiger partial charge is 0.412 e. The number of unbranched alkanes of at least 4 members (excludes halogenated alkanes) is 1. The number of esters is 1. The van der Waals surface area contributed by atoms with Crippen LogP contribution in [0.25, 0.3) is 0 Å². The van der Waals surface area contributed by atoms with E-state index >= 15 is 0 Å². The zero-order valence-corrected chi connectivity index (χ0v) is 52.9. The summed E-state index contributed by atoms with van der Waals surface area (Å²) in [6.07, 6.45) is 11.3. The molecule has 19 atom stereocenters. The summed E-state index contributed by atoms with van der Waals surface area (Å²) in [6.45, 7) is 36.0. The molecule has 1 amide bonds. The summed E-state index contributed by atoms with van der Waals surface area (Å²) in [5.74, 6) is -3.05. The number of hydrogen-bond acceptors (Lipinski definition) is 14. The van der Waals surface area contributed by atoms with Crippen LogP contribution in [0.4, 0.5) is 4.79 Å². The van der Waals surface area contributed by atoms with Crippen molar-refractivity contribution in [1.82, 2.24) is 4.90 Å². The van der Waals surface area contributed by atoms with E-state index in [1.807, 2.05) is 17.9 Å². The van der Waals surface area contributed by atoms with E-state index in [1.165, 1.54) is 12.5 Å². The number of hydrogen-bond donors (Lipinski definition) is 2. The van der Waals surface area contributed by atoms with Crippen LogP contribution in [0.15, 0.2) is 47.8 Å². The molecule has 2 N–H and O–H groups in total. The maximum Gasteiger partial charge on any atom is 0.412 e. The van der Waals surface area contributed by atoms with Crippen molar-refractivity contribution >= 4 is 28.5 Å². The molecule has 0 saturated carbocycles. The Morgan fingerprint density at radius 1 is 0.873 bits per heavy atom. The average Bonchev–Trinajstić information content (AvgIpc) is 4.31. The van der Waals surface area contributed by atoms with Gasteiger partial charge in [-0.05, 0) is 99.0 Å². The lowest BCUT2D eigenvalue weighted by molar-refractivity contribution is -0.366. The summed E-state index contributed by atoms with van der Waals surface area (Å²) >= 11 is 0. The van der Waals surface area contributed by atoms with Crippen molar-refractivity contribution in [3.8, 4) is 0 Å². The molecule has 0 aliphatic carbocycles. The zero-order valence-electron chi connectivity index (χ0n) is 50.9. The van der Waals surface area contributed by atoms with Gasteiger partial charge in [-0.3, -0.25) is 9.69 Å². The molecule has 8 heterocycles. The molecule has 0 aromatic rings. The highest BCUT2D eigenvalue weighted by Crippen LogP contribution is 2.55.